The molecule has 0 aromatic rings. The molecule has 0 spiro atoms. The van der Waals surface area contributed by atoms with Crippen molar-refractivity contribution < 1.29 is 44.6 Å². The van der Waals surface area contributed by atoms with Crippen LogP contribution in [-0.2, 0) is 0 Å². The largest absolute Gasteiger partial charge is 0.459 e. The number of hydrogen-bond acceptors (Lipinski definition) is 1. The fraction of sp³-hybridized carbons (Fsp3) is 1.00. The second kappa shape index (κ2) is 3.42. The number of aliphatic hydroxyl groups is 1. The molecule has 1 N–H and O–H groups in total. The monoisotopic (exact) mass is 250 g/mol. The summed E-state index contributed by atoms with van der Waals surface area (Å²) in [6.07, 6.45) is -15.3. The zero-order chi connectivity index (χ0) is 12.7. The minimum atomic E-state index is -6.68. The lowest BCUT2D eigenvalue weighted by molar-refractivity contribution is -0.373. The first-order chi connectivity index (χ1) is 6.21. The van der Waals surface area contributed by atoms with Gasteiger partial charge in [-0.25, -0.2) is 0 Å². The molecule has 15 heavy (non-hydrogen) atoms. The molecule has 0 aliphatic rings. The molecule has 0 amide bonds. The van der Waals surface area contributed by atoms with E-state index in [1.807, 2.05) is 0 Å². The Morgan fingerprint density at radius 1 is 0.733 bits per heavy atom. The summed E-state index contributed by atoms with van der Waals surface area (Å²) in [6.45, 7) is 0. The SMILES string of the molecule is OC(F)(F)CC(F)(F)C(F)(F)C(F)(F)F. The van der Waals surface area contributed by atoms with Crippen molar-refractivity contribution in [2.75, 3.05) is 0 Å². The molecule has 0 aliphatic carbocycles. The predicted molar refractivity (Wildman–Crippen MR) is 27.7 cm³/mol. The molecule has 0 bridgehead atoms. The maximum absolute atomic E-state index is 12.1. The molecule has 10 heteroatoms. The summed E-state index contributed by atoms with van der Waals surface area (Å²) in [5.74, 6) is -12.7. The zero-order valence-corrected chi connectivity index (χ0v) is 6.56. The van der Waals surface area contributed by atoms with Crippen LogP contribution in [0.15, 0.2) is 0 Å². The summed E-state index contributed by atoms with van der Waals surface area (Å²) in [5.41, 5.74) is 0. The van der Waals surface area contributed by atoms with Gasteiger partial charge in [0.1, 0.15) is 6.42 Å². The van der Waals surface area contributed by atoms with Gasteiger partial charge in [0.05, 0.1) is 0 Å². The summed E-state index contributed by atoms with van der Waals surface area (Å²) in [6, 6.07) is 0. The average Bonchev–Trinajstić information content (AvgIpc) is 1.77. The Labute approximate surface area is 76.5 Å². The molecule has 0 heterocycles. The zero-order valence-electron chi connectivity index (χ0n) is 6.56. The molecule has 0 saturated heterocycles. The maximum Gasteiger partial charge on any atom is 0.459 e. The van der Waals surface area contributed by atoms with Gasteiger partial charge >= 0.3 is 24.1 Å². The minimum Gasteiger partial charge on any atom is -0.336 e. The van der Waals surface area contributed by atoms with Crippen LogP contribution < -0.4 is 0 Å². The van der Waals surface area contributed by atoms with Gasteiger partial charge in [-0.3, -0.25) is 0 Å². The second-order valence-electron chi connectivity index (χ2n) is 2.62. The van der Waals surface area contributed by atoms with Crippen LogP contribution in [0.2, 0.25) is 0 Å². The first-order valence-corrected chi connectivity index (χ1v) is 3.13. The van der Waals surface area contributed by atoms with E-state index < -0.39 is 30.6 Å². The molecule has 0 atom stereocenters. The Bertz CT molecular complexity index is 224. The second-order valence-corrected chi connectivity index (χ2v) is 2.62. The highest BCUT2D eigenvalue weighted by molar-refractivity contribution is 4.92. The van der Waals surface area contributed by atoms with E-state index in [-0.39, 0.29) is 0 Å². The Balaban J connectivity index is 5.03. The van der Waals surface area contributed by atoms with Crippen LogP contribution in [0, 0.1) is 0 Å². The van der Waals surface area contributed by atoms with Crippen LogP contribution in [0.5, 0.6) is 0 Å². The molecule has 92 valence electrons. The standard InChI is InChI=1S/C5H3F9O/c6-2(7,1-3(8,9)15)4(10,11)5(12,13)14/h15H,1H2. The van der Waals surface area contributed by atoms with Crippen LogP contribution in [0.4, 0.5) is 39.5 Å². The molecule has 0 radical (unpaired) electrons. The van der Waals surface area contributed by atoms with Gasteiger partial charge in [0.15, 0.2) is 0 Å². The van der Waals surface area contributed by atoms with Gasteiger partial charge in [0.2, 0.25) is 0 Å². The van der Waals surface area contributed by atoms with Crippen LogP contribution >= 0.6 is 0 Å². The third-order valence-electron chi connectivity index (χ3n) is 1.25. The quantitative estimate of drug-likeness (QED) is 0.763. The van der Waals surface area contributed by atoms with E-state index in [0.29, 0.717) is 0 Å². The van der Waals surface area contributed by atoms with Crippen molar-refractivity contribution in [3.63, 3.8) is 0 Å². The topological polar surface area (TPSA) is 20.2 Å². The highest BCUT2D eigenvalue weighted by Crippen LogP contribution is 2.49. The van der Waals surface area contributed by atoms with Crippen molar-refractivity contribution in [1.82, 2.24) is 0 Å². The Kier molecular flexibility index (Phi) is 3.27. The van der Waals surface area contributed by atoms with E-state index in [0.717, 1.165) is 0 Å². The van der Waals surface area contributed by atoms with E-state index in [1.165, 1.54) is 0 Å². The van der Waals surface area contributed by atoms with Crippen molar-refractivity contribution >= 4 is 0 Å². The molecule has 0 aliphatic heterocycles. The number of hydrogen-bond donors (Lipinski definition) is 1. The number of rotatable bonds is 3. The van der Waals surface area contributed by atoms with Crippen molar-refractivity contribution in [3.05, 3.63) is 0 Å². The molecule has 0 fully saturated rings. The Hall–Kier alpha value is -0.670. The number of halogens is 9. The van der Waals surface area contributed by atoms with Gasteiger partial charge in [0.25, 0.3) is 0 Å². The lowest BCUT2D eigenvalue weighted by Crippen LogP contribution is -2.54. The lowest BCUT2D eigenvalue weighted by Gasteiger charge is -2.29. The van der Waals surface area contributed by atoms with Crippen molar-refractivity contribution in [2.24, 2.45) is 0 Å². The summed E-state index contributed by atoms with van der Waals surface area (Å²) >= 11 is 0. The average molecular weight is 250 g/mol. The highest BCUT2D eigenvalue weighted by atomic mass is 19.4. The first-order valence-electron chi connectivity index (χ1n) is 3.13. The van der Waals surface area contributed by atoms with E-state index in [2.05, 4.69) is 0 Å². The van der Waals surface area contributed by atoms with E-state index in [4.69, 9.17) is 5.11 Å². The highest BCUT2D eigenvalue weighted by Gasteiger charge is 2.74. The van der Waals surface area contributed by atoms with Gasteiger partial charge in [-0.2, -0.15) is 39.5 Å². The Morgan fingerprint density at radius 2 is 1.07 bits per heavy atom. The van der Waals surface area contributed by atoms with Gasteiger partial charge in [-0.15, -0.1) is 0 Å². The molecule has 0 unspecified atom stereocenters. The smallest absolute Gasteiger partial charge is 0.336 e. The van der Waals surface area contributed by atoms with Crippen LogP contribution in [0.1, 0.15) is 6.42 Å². The molecule has 0 saturated carbocycles. The van der Waals surface area contributed by atoms with Gasteiger partial charge in [-0.05, 0) is 0 Å². The molecular weight excluding hydrogens is 247 g/mol. The predicted octanol–water partition coefficient (Wildman–Crippen LogP) is 2.79. The van der Waals surface area contributed by atoms with Crippen LogP contribution in [0.3, 0.4) is 0 Å². The summed E-state index contributed by atoms with van der Waals surface area (Å²) in [5, 5.41) is 7.47. The van der Waals surface area contributed by atoms with Gasteiger partial charge < -0.3 is 5.11 Å². The summed E-state index contributed by atoms with van der Waals surface area (Å²) in [7, 11) is 0. The minimum absolute atomic E-state index is 3.31. The fourth-order valence-electron chi connectivity index (χ4n) is 0.585. The molecule has 0 aromatic carbocycles. The molecule has 0 aromatic heterocycles. The molecule has 1 nitrogen and oxygen atoms in total. The van der Waals surface area contributed by atoms with E-state index in [9.17, 15) is 39.5 Å². The molecular formula is C5H3F9O. The maximum atomic E-state index is 12.1. The fourth-order valence-corrected chi connectivity index (χ4v) is 0.585. The van der Waals surface area contributed by atoms with Crippen LogP contribution in [0.25, 0.3) is 0 Å². The van der Waals surface area contributed by atoms with Crippen molar-refractivity contribution in [1.29, 1.82) is 0 Å². The first kappa shape index (κ1) is 14.3. The third-order valence-corrected chi connectivity index (χ3v) is 1.25. The third kappa shape index (κ3) is 3.14. The lowest BCUT2D eigenvalue weighted by atomic mass is 10.1. The van der Waals surface area contributed by atoms with Gasteiger partial charge in [0, 0.05) is 0 Å². The van der Waals surface area contributed by atoms with Gasteiger partial charge in [-0.1, -0.05) is 0 Å². The van der Waals surface area contributed by atoms with Crippen LogP contribution in [-0.4, -0.2) is 29.2 Å². The summed E-state index contributed by atoms with van der Waals surface area (Å²) < 4.78 is 105. The Morgan fingerprint density at radius 3 is 1.27 bits per heavy atom. The van der Waals surface area contributed by atoms with E-state index in [1.54, 1.807) is 0 Å². The summed E-state index contributed by atoms with van der Waals surface area (Å²) in [4.78, 5) is 0. The van der Waals surface area contributed by atoms with Crippen molar-refractivity contribution in [3.8, 4) is 0 Å². The molecule has 0 rings (SSSR count). The van der Waals surface area contributed by atoms with E-state index >= 15 is 0 Å². The normalized spacial score (nSPS) is 15.6. The number of alkyl halides is 9. The van der Waals surface area contributed by atoms with Crippen molar-refractivity contribution in [2.45, 2.75) is 30.6 Å².